The van der Waals surface area contributed by atoms with Crippen molar-refractivity contribution in [1.82, 2.24) is 15.5 Å². The Balaban J connectivity index is 2.20. The van der Waals surface area contributed by atoms with Crippen LogP contribution in [0.15, 0.2) is 27.4 Å². The smallest absolute Gasteiger partial charge is 0.179 e. The van der Waals surface area contributed by atoms with E-state index in [1.807, 2.05) is 25.1 Å². The van der Waals surface area contributed by atoms with Crippen molar-refractivity contribution in [3.63, 3.8) is 0 Å². The Morgan fingerprint density at radius 3 is 2.89 bits per heavy atom. The molecule has 0 radical (unpaired) electrons. The van der Waals surface area contributed by atoms with E-state index in [1.54, 1.807) is 23.1 Å². The second-order valence-corrected chi connectivity index (χ2v) is 6.63. The Kier molecular flexibility index (Phi) is 5.00. The first-order valence-electron chi connectivity index (χ1n) is 5.66. The van der Waals surface area contributed by atoms with Gasteiger partial charge in [0.2, 0.25) is 0 Å². The van der Waals surface area contributed by atoms with Crippen molar-refractivity contribution in [2.24, 2.45) is 0 Å². The number of halogens is 1. The standard InChI is InChI=1S/C12H14ClN3S2/c1-3-14-7-9-6-10(13)4-5-11(9)18-12-16-15-8(2)17-12/h4-6,14H,3,7H2,1-2H3. The highest BCUT2D eigenvalue weighted by Gasteiger charge is 2.08. The molecule has 1 aromatic heterocycles. The molecule has 0 saturated heterocycles. The first-order valence-corrected chi connectivity index (χ1v) is 7.67. The van der Waals surface area contributed by atoms with Gasteiger partial charge in [0.05, 0.1) is 0 Å². The van der Waals surface area contributed by atoms with Crippen LogP contribution >= 0.6 is 34.7 Å². The zero-order valence-corrected chi connectivity index (χ0v) is 12.6. The molecular formula is C12H14ClN3S2. The van der Waals surface area contributed by atoms with Crippen molar-refractivity contribution in [3.05, 3.63) is 33.8 Å². The van der Waals surface area contributed by atoms with E-state index in [1.165, 1.54) is 10.5 Å². The van der Waals surface area contributed by atoms with E-state index in [0.29, 0.717) is 0 Å². The summed E-state index contributed by atoms with van der Waals surface area (Å²) in [6.45, 7) is 5.81. The minimum atomic E-state index is 0.765. The van der Waals surface area contributed by atoms with Crippen LogP contribution in [0.5, 0.6) is 0 Å². The first kappa shape index (κ1) is 13.8. The van der Waals surface area contributed by atoms with Crippen LogP contribution in [0.3, 0.4) is 0 Å². The van der Waals surface area contributed by atoms with Gasteiger partial charge in [0.15, 0.2) is 4.34 Å². The quantitative estimate of drug-likeness (QED) is 0.912. The molecule has 0 aliphatic rings. The molecule has 18 heavy (non-hydrogen) atoms. The Hall–Kier alpha value is -0.620. The molecule has 0 saturated carbocycles. The van der Waals surface area contributed by atoms with Crippen molar-refractivity contribution in [2.75, 3.05) is 6.54 Å². The fourth-order valence-electron chi connectivity index (χ4n) is 1.46. The predicted octanol–water partition coefficient (Wildman–Crippen LogP) is 3.76. The highest BCUT2D eigenvalue weighted by atomic mass is 35.5. The van der Waals surface area contributed by atoms with Gasteiger partial charge in [-0.2, -0.15) is 0 Å². The summed E-state index contributed by atoms with van der Waals surface area (Å²) in [5.74, 6) is 0. The molecule has 0 bridgehead atoms. The summed E-state index contributed by atoms with van der Waals surface area (Å²) in [6.07, 6.45) is 0. The van der Waals surface area contributed by atoms with E-state index >= 15 is 0 Å². The summed E-state index contributed by atoms with van der Waals surface area (Å²) in [4.78, 5) is 1.18. The molecule has 6 heteroatoms. The zero-order chi connectivity index (χ0) is 13.0. The average Bonchev–Trinajstić information content (AvgIpc) is 2.75. The van der Waals surface area contributed by atoms with Gasteiger partial charge in [-0.3, -0.25) is 0 Å². The number of nitrogens with zero attached hydrogens (tertiary/aromatic N) is 2. The molecule has 2 rings (SSSR count). The van der Waals surface area contributed by atoms with Crippen molar-refractivity contribution >= 4 is 34.7 Å². The highest BCUT2D eigenvalue weighted by molar-refractivity contribution is 8.01. The van der Waals surface area contributed by atoms with Crippen LogP contribution in [0.4, 0.5) is 0 Å². The maximum atomic E-state index is 6.04. The Labute approximate surface area is 120 Å². The van der Waals surface area contributed by atoms with Gasteiger partial charge in [-0.25, -0.2) is 0 Å². The number of aromatic nitrogens is 2. The Morgan fingerprint density at radius 2 is 2.22 bits per heavy atom. The molecule has 0 amide bonds. The molecule has 0 aliphatic carbocycles. The molecule has 0 unspecified atom stereocenters. The second kappa shape index (κ2) is 6.52. The van der Waals surface area contributed by atoms with Crippen molar-refractivity contribution in [2.45, 2.75) is 29.6 Å². The van der Waals surface area contributed by atoms with Crippen molar-refractivity contribution in [3.8, 4) is 0 Å². The second-order valence-electron chi connectivity index (χ2n) is 3.72. The minimum absolute atomic E-state index is 0.765. The molecule has 1 N–H and O–H groups in total. The van der Waals surface area contributed by atoms with E-state index in [-0.39, 0.29) is 0 Å². The fourth-order valence-corrected chi connectivity index (χ4v) is 3.54. The monoisotopic (exact) mass is 299 g/mol. The molecule has 1 heterocycles. The van der Waals surface area contributed by atoms with Crippen molar-refractivity contribution < 1.29 is 0 Å². The molecular weight excluding hydrogens is 286 g/mol. The van der Waals surface area contributed by atoms with Crippen LogP contribution in [0.25, 0.3) is 0 Å². The van der Waals surface area contributed by atoms with Crippen LogP contribution in [-0.2, 0) is 6.54 Å². The summed E-state index contributed by atoms with van der Waals surface area (Å²) in [6, 6.07) is 5.95. The third kappa shape index (κ3) is 3.68. The normalized spacial score (nSPS) is 10.8. The summed E-state index contributed by atoms with van der Waals surface area (Å²) in [5, 5.41) is 13.2. The Morgan fingerprint density at radius 1 is 1.39 bits per heavy atom. The topological polar surface area (TPSA) is 37.8 Å². The van der Waals surface area contributed by atoms with Gasteiger partial charge in [-0.15, -0.1) is 10.2 Å². The van der Waals surface area contributed by atoms with Crippen molar-refractivity contribution in [1.29, 1.82) is 0 Å². The Bertz CT molecular complexity index is 528. The number of aryl methyl sites for hydroxylation is 1. The van der Waals surface area contributed by atoms with E-state index in [0.717, 1.165) is 27.5 Å². The summed E-state index contributed by atoms with van der Waals surface area (Å²) in [5.41, 5.74) is 1.20. The zero-order valence-electron chi connectivity index (χ0n) is 10.2. The lowest BCUT2D eigenvalue weighted by atomic mass is 10.2. The van der Waals surface area contributed by atoms with Crippen LogP contribution in [0, 0.1) is 6.92 Å². The highest BCUT2D eigenvalue weighted by Crippen LogP contribution is 2.33. The minimum Gasteiger partial charge on any atom is -0.313 e. The van der Waals surface area contributed by atoms with E-state index in [4.69, 9.17) is 11.6 Å². The van der Waals surface area contributed by atoms with Crippen LogP contribution in [0.1, 0.15) is 17.5 Å². The number of nitrogens with one attached hydrogen (secondary N) is 1. The SMILES string of the molecule is CCNCc1cc(Cl)ccc1Sc1nnc(C)s1. The molecule has 0 atom stereocenters. The van der Waals surface area contributed by atoms with Crippen LogP contribution in [-0.4, -0.2) is 16.7 Å². The molecule has 2 aromatic rings. The maximum Gasteiger partial charge on any atom is 0.179 e. The number of rotatable bonds is 5. The molecule has 0 fully saturated rings. The van der Waals surface area contributed by atoms with Gasteiger partial charge in [-0.1, -0.05) is 41.6 Å². The van der Waals surface area contributed by atoms with Gasteiger partial charge in [0.1, 0.15) is 5.01 Å². The molecule has 0 aliphatic heterocycles. The first-order chi connectivity index (χ1) is 8.69. The third-order valence-electron chi connectivity index (χ3n) is 2.29. The number of hydrogen-bond donors (Lipinski definition) is 1. The molecule has 1 aromatic carbocycles. The van der Waals surface area contributed by atoms with Gasteiger partial charge < -0.3 is 5.32 Å². The lowest BCUT2D eigenvalue weighted by Gasteiger charge is -2.08. The van der Waals surface area contributed by atoms with Crippen LogP contribution < -0.4 is 5.32 Å². The summed E-state index contributed by atoms with van der Waals surface area (Å²) in [7, 11) is 0. The van der Waals surface area contributed by atoms with E-state index in [2.05, 4.69) is 22.4 Å². The molecule has 3 nitrogen and oxygen atoms in total. The van der Waals surface area contributed by atoms with E-state index < -0.39 is 0 Å². The van der Waals surface area contributed by atoms with Gasteiger partial charge in [0, 0.05) is 16.5 Å². The third-order valence-corrected chi connectivity index (χ3v) is 4.54. The lowest BCUT2D eigenvalue weighted by Crippen LogP contribution is -2.12. The fraction of sp³-hybridized carbons (Fsp3) is 0.333. The average molecular weight is 300 g/mol. The molecule has 96 valence electrons. The summed E-state index contributed by atoms with van der Waals surface area (Å²) >= 11 is 9.29. The largest absolute Gasteiger partial charge is 0.313 e. The van der Waals surface area contributed by atoms with Gasteiger partial charge in [-0.05, 0) is 37.2 Å². The van der Waals surface area contributed by atoms with Crippen LogP contribution in [0.2, 0.25) is 5.02 Å². The summed E-state index contributed by atoms with van der Waals surface area (Å²) < 4.78 is 0.965. The number of benzene rings is 1. The number of hydrogen-bond acceptors (Lipinski definition) is 5. The predicted molar refractivity (Wildman–Crippen MR) is 77.6 cm³/mol. The molecule has 0 spiro atoms. The van der Waals surface area contributed by atoms with E-state index in [9.17, 15) is 0 Å². The van der Waals surface area contributed by atoms with Gasteiger partial charge in [0.25, 0.3) is 0 Å². The van der Waals surface area contributed by atoms with Gasteiger partial charge >= 0.3 is 0 Å². The lowest BCUT2D eigenvalue weighted by molar-refractivity contribution is 0.718. The maximum absolute atomic E-state index is 6.04.